The van der Waals surface area contributed by atoms with Gasteiger partial charge in [-0.05, 0) is 24.6 Å². The molecule has 0 aliphatic carbocycles. The van der Waals surface area contributed by atoms with E-state index in [1.54, 1.807) is 19.2 Å². The molecule has 1 atom stereocenters. The van der Waals surface area contributed by atoms with Crippen LogP contribution in [0.1, 0.15) is 24.4 Å². The lowest BCUT2D eigenvalue weighted by Crippen LogP contribution is -2.19. The topological polar surface area (TPSA) is 41.3 Å². The Labute approximate surface area is 118 Å². The van der Waals surface area contributed by atoms with Gasteiger partial charge in [0, 0.05) is 26.5 Å². The molecule has 0 radical (unpaired) electrons. The van der Waals surface area contributed by atoms with Crippen LogP contribution in [0.5, 0.6) is 0 Å². The predicted octanol–water partition coefficient (Wildman–Crippen LogP) is 2.76. The van der Waals surface area contributed by atoms with E-state index in [9.17, 15) is 5.11 Å². The number of anilines is 1. The summed E-state index contributed by atoms with van der Waals surface area (Å²) in [6.45, 7) is 2.40. The maximum atomic E-state index is 9.54. The van der Waals surface area contributed by atoms with Gasteiger partial charge in [0.2, 0.25) is 0 Å². The Bertz CT molecular complexity index is 566. The molecule has 2 rings (SSSR count). The summed E-state index contributed by atoms with van der Waals surface area (Å²) >= 11 is 6.27. The van der Waals surface area contributed by atoms with E-state index in [4.69, 9.17) is 11.6 Å². The van der Waals surface area contributed by atoms with Gasteiger partial charge in [0.15, 0.2) is 0 Å². The van der Waals surface area contributed by atoms with Crippen LogP contribution in [0.4, 0.5) is 5.69 Å². The van der Waals surface area contributed by atoms with Crippen molar-refractivity contribution in [1.29, 1.82) is 0 Å². The van der Waals surface area contributed by atoms with Gasteiger partial charge >= 0.3 is 0 Å². The largest absolute Gasteiger partial charge is 0.389 e. The average Bonchev–Trinajstić information content (AvgIpc) is 2.74. The van der Waals surface area contributed by atoms with Crippen molar-refractivity contribution in [2.45, 2.75) is 19.6 Å². The highest BCUT2D eigenvalue weighted by molar-refractivity contribution is 6.33. The van der Waals surface area contributed by atoms with Crippen LogP contribution in [0.15, 0.2) is 30.6 Å². The van der Waals surface area contributed by atoms with Gasteiger partial charge in [-0.15, -0.1) is 0 Å². The minimum atomic E-state index is -0.508. The molecule has 0 saturated heterocycles. The number of aromatic nitrogens is 2. The van der Waals surface area contributed by atoms with Crippen molar-refractivity contribution >= 4 is 17.3 Å². The van der Waals surface area contributed by atoms with E-state index < -0.39 is 6.10 Å². The van der Waals surface area contributed by atoms with Crippen molar-refractivity contribution in [3.05, 3.63) is 47.0 Å². The first-order valence-electron chi connectivity index (χ1n) is 6.14. The highest BCUT2D eigenvalue weighted by Crippen LogP contribution is 2.29. The number of halogens is 1. The minimum absolute atomic E-state index is 0.508. The van der Waals surface area contributed by atoms with Crippen molar-refractivity contribution in [3.8, 4) is 0 Å². The van der Waals surface area contributed by atoms with Gasteiger partial charge in [0.25, 0.3) is 0 Å². The van der Waals surface area contributed by atoms with E-state index >= 15 is 0 Å². The molecule has 0 amide bonds. The molecule has 0 bridgehead atoms. The van der Waals surface area contributed by atoms with Gasteiger partial charge in [-0.3, -0.25) is 0 Å². The van der Waals surface area contributed by atoms with E-state index in [1.165, 1.54) is 0 Å². The Hall–Kier alpha value is -1.52. The highest BCUT2D eigenvalue weighted by atomic mass is 35.5. The molecule has 0 saturated carbocycles. The third-order valence-corrected chi connectivity index (χ3v) is 3.47. The summed E-state index contributed by atoms with van der Waals surface area (Å²) in [6.07, 6.45) is 3.19. The first-order chi connectivity index (χ1) is 8.99. The second-order valence-corrected chi connectivity index (χ2v) is 5.10. The van der Waals surface area contributed by atoms with E-state index in [0.717, 1.165) is 17.1 Å². The number of nitrogens with zero attached hydrogens (tertiary/aromatic N) is 3. The number of aliphatic hydroxyl groups excluding tert-OH is 1. The highest BCUT2D eigenvalue weighted by Gasteiger charge is 2.11. The summed E-state index contributed by atoms with van der Waals surface area (Å²) in [4.78, 5) is 6.33. The maximum absolute atomic E-state index is 9.54. The van der Waals surface area contributed by atoms with Crippen molar-refractivity contribution in [1.82, 2.24) is 9.55 Å². The lowest BCUT2D eigenvalue weighted by Gasteiger charge is -2.21. The third-order valence-electron chi connectivity index (χ3n) is 3.16. The molecule has 19 heavy (non-hydrogen) atoms. The summed E-state index contributed by atoms with van der Waals surface area (Å²) in [5, 5.41) is 10.2. The summed E-state index contributed by atoms with van der Waals surface area (Å²) < 4.78 is 1.98. The molecule has 2 aromatic rings. The minimum Gasteiger partial charge on any atom is -0.389 e. The van der Waals surface area contributed by atoms with Crippen LogP contribution in [0.2, 0.25) is 5.02 Å². The lowest BCUT2D eigenvalue weighted by atomic mass is 10.1. The van der Waals surface area contributed by atoms with Gasteiger partial charge in [-0.1, -0.05) is 17.7 Å². The fourth-order valence-corrected chi connectivity index (χ4v) is 2.27. The van der Waals surface area contributed by atoms with E-state index in [-0.39, 0.29) is 0 Å². The molecule has 1 heterocycles. The molecule has 1 aromatic heterocycles. The molecule has 0 aliphatic rings. The van der Waals surface area contributed by atoms with Crippen molar-refractivity contribution in [2.24, 2.45) is 7.05 Å². The maximum Gasteiger partial charge on any atom is 0.127 e. The monoisotopic (exact) mass is 279 g/mol. The van der Waals surface area contributed by atoms with Gasteiger partial charge in [-0.25, -0.2) is 4.98 Å². The molecule has 0 fully saturated rings. The standard InChI is InChI=1S/C14H18ClN3O/c1-10(19)11-4-5-13(12(15)8-11)18(3)9-14-16-6-7-17(14)2/h4-8,10,19H,9H2,1-3H3/t10-/m0/s1. The van der Waals surface area contributed by atoms with Crippen molar-refractivity contribution in [2.75, 3.05) is 11.9 Å². The fourth-order valence-electron chi connectivity index (χ4n) is 1.94. The Morgan fingerprint density at radius 3 is 2.74 bits per heavy atom. The number of aryl methyl sites for hydroxylation is 1. The smallest absolute Gasteiger partial charge is 0.127 e. The molecule has 0 aliphatic heterocycles. The SMILES string of the molecule is C[C@H](O)c1ccc(N(C)Cc2nccn2C)c(Cl)c1. The lowest BCUT2D eigenvalue weighted by molar-refractivity contribution is 0.199. The second kappa shape index (κ2) is 5.63. The van der Waals surface area contributed by atoms with E-state index in [2.05, 4.69) is 4.98 Å². The van der Waals surface area contributed by atoms with E-state index in [0.29, 0.717) is 11.6 Å². The number of hydrogen-bond donors (Lipinski definition) is 1. The zero-order valence-corrected chi connectivity index (χ0v) is 12.1. The summed E-state index contributed by atoms with van der Waals surface area (Å²) in [5.74, 6) is 0.971. The Morgan fingerprint density at radius 1 is 1.47 bits per heavy atom. The van der Waals surface area contributed by atoms with Crippen LogP contribution in [-0.4, -0.2) is 21.7 Å². The summed E-state index contributed by atoms with van der Waals surface area (Å²) in [6, 6.07) is 5.62. The van der Waals surface area contributed by atoms with Crippen molar-refractivity contribution in [3.63, 3.8) is 0 Å². The van der Waals surface area contributed by atoms with Crippen LogP contribution in [0.3, 0.4) is 0 Å². The van der Waals surface area contributed by atoms with Gasteiger partial charge < -0.3 is 14.6 Å². The summed E-state index contributed by atoms with van der Waals surface area (Å²) in [5.41, 5.74) is 1.74. The molecule has 0 unspecified atom stereocenters. The van der Waals surface area contributed by atoms with Crippen LogP contribution >= 0.6 is 11.6 Å². The van der Waals surface area contributed by atoms with E-state index in [1.807, 2.05) is 41.9 Å². The van der Waals surface area contributed by atoms with Crippen LogP contribution in [0.25, 0.3) is 0 Å². The second-order valence-electron chi connectivity index (χ2n) is 4.70. The molecule has 1 N–H and O–H groups in total. The number of imidazole rings is 1. The Kier molecular flexibility index (Phi) is 4.12. The number of hydrogen-bond acceptors (Lipinski definition) is 3. The van der Waals surface area contributed by atoms with Gasteiger partial charge in [0.1, 0.15) is 5.82 Å². The average molecular weight is 280 g/mol. The first-order valence-corrected chi connectivity index (χ1v) is 6.51. The normalized spacial score (nSPS) is 12.5. The van der Waals surface area contributed by atoms with Crippen LogP contribution in [-0.2, 0) is 13.6 Å². The molecule has 0 spiro atoms. The third kappa shape index (κ3) is 3.08. The predicted molar refractivity (Wildman–Crippen MR) is 77.4 cm³/mol. The van der Waals surface area contributed by atoms with Gasteiger partial charge in [-0.2, -0.15) is 0 Å². The number of benzene rings is 1. The van der Waals surface area contributed by atoms with Crippen LogP contribution in [0, 0.1) is 0 Å². The molecular formula is C14H18ClN3O. The van der Waals surface area contributed by atoms with Crippen molar-refractivity contribution < 1.29 is 5.11 Å². The van der Waals surface area contributed by atoms with Crippen LogP contribution < -0.4 is 4.90 Å². The zero-order valence-electron chi connectivity index (χ0n) is 11.3. The molecule has 4 nitrogen and oxygen atoms in total. The first kappa shape index (κ1) is 13.9. The molecular weight excluding hydrogens is 262 g/mol. The summed E-state index contributed by atoms with van der Waals surface area (Å²) in [7, 11) is 3.94. The van der Waals surface area contributed by atoms with Gasteiger partial charge in [0.05, 0.1) is 23.4 Å². The molecule has 102 valence electrons. The molecule has 1 aromatic carbocycles. The number of rotatable bonds is 4. The quantitative estimate of drug-likeness (QED) is 0.936. The fraction of sp³-hybridized carbons (Fsp3) is 0.357. The zero-order chi connectivity index (χ0) is 14.0. The molecule has 5 heteroatoms. The Balaban J connectivity index is 2.20. The Morgan fingerprint density at radius 2 is 2.21 bits per heavy atom. The number of aliphatic hydroxyl groups is 1.